The summed E-state index contributed by atoms with van der Waals surface area (Å²) in [6.45, 7) is 6.26. The molecule has 2 N–H and O–H groups in total. The molecule has 1 aromatic carbocycles. The molecule has 2 unspecified atom stereocenters. The number of likely N-dealkylation sites (tertiary alicyclic amines) is 1. The van der Waals surface area contributed by atoms with Gasteiger partial charge in [0.05, 0.1) is 32.6 Å². The molecular formula is C25H37IN4O3. The second-order valence-corrected chi connectivity index (χ2v) is 8.59. The van der Waals surface area contributed by atoms with Crippen LogP contribution in [0, 0.1) is 5.92 Å². The quantitative estimate of drug-likeness (QED) is 0.258. The Hall–Kier alpha value is -1.78. The molecule has 2 aromatic rings. The fourth-order valence-corrected chi connectivity index (χ4v) is 4.43. The van der Waals surface area contributed by atoms with Gasteiger partial charge in [-0.3, -0.25) is 9.89 Å². The second kappa shape index (κ2) is 13.8. The lowest BCUT2D eigenvalue weighted by molar-refractivity contribution is 0.186. The van der Waals surface area contributed by atoms with Crippen LogP contribution in [0.15, 0.2) is 52.1 Å². The Bertz CT molecular complexity index is 834. The molecule has 2 saturated heterocycles. The maximum Gasteiger partial charge on any atom is 0.191 e. The van der Waals surface area contributed by atoms with Crippen molar-refractivity contribution >= 4 is 29.9 Å². The number of guanidine groups is 1. The molecule has 8 heteroatoms. The Labute approximate surface area is 214 Å². The van der Waals surface area contributed by atoms with Gasteiger partial charge >= 0.3 is 0 Å². The Morgan fingerprint density at radius 1 is 1.21 bits per heavy atom. The van der Waals surface area contributed by atoms with Gasteiger partial charge in [0, 0.05) is 32.0 Å². The highest BCUT2D eigenvalue weighted by Crippen LogP contribution is 2.28. The van der Waals surface area contributed by atoms with Crippen molar-refractivity contribution < 1.29 is 13.9 Å². The topological polar surface area (TPSA) is 71.3 Å². The molecule has 1 aromatic heterocycles. The van der Waals surface area contributed by atoms with Gasteiger partial charge in [-0.15, -0.1) is 24.0 Å². The number of benzene rings is 1. The molecule has 0 spiro atoms. The van der Waals surface area contributed by atoms with E-state index in [1.54, 1.807) is 13.4 Å². The first-order valence-electron chi connectivity index (χ1n) is 11.8. The molecule has 3 heterocycles. The van der Waals surface area contributed by atoms with E-state index < -0.39 is 0 Å². The number of methoxy groups -OCH3 is 1. The third kappa shape index (κ3) is 7.89. The Morgan fingerprint density at radius 3 is 2.82 bits per heavy atom. The Kier molecular flexibility index (Phi) is 10.8. The van der Waals surface area contributed by atoms with Crippen LogP contribution in [0.3, 0.4) is 0 Å². The van der Waals surface area contributed by atoms with Crippen LogP contribution in [-0.4, -0.2) is 63.9 Å². The number of halogens is 1. The molecule has 182 valence electrons. The SMILES string of the molecule is COc1cccc(C(CN=C(NCCc2ccco2)NCC2CCOC2)N2CCCC2)c1.I. The molecular weight excluding hydrogens is 531 g/mol. The van der Waals surface area contributed by atoms with E-state index in [1.807, 2.05) is 18.2 Å². The fraction of sp³-hybridized carbons (Fsp3) is 0.560. The molecule has 0 amide bonds. The largest absolute Gasteiger partial charge is 0.497 e. The lowest BCUT2D eigenvalue weighted by atomic mass is 10.1. The summed E-state index contributed by atoms with van der Waals surface area (Å²) in [6, 6.07) is 12.6. The van der Waals surface area contributed by atoms with Gasteiger partial charge in [-0.2, -0.15) is 0 Å². The molecule has 0 bridgehead atoms. The molecule has 2 aliphatic rings. The van der Waals surface area contributed by atoms with Gasteiger partial charge in [0.15, 0.2) is 5.96 Å². The van der Waals surface area contributed by atoms with Gasteiger partial charge in [0.25, 0.3) is 0 Å². The molecule has 0 saturated carbocycles. The van der Waals surface area contributed by atoms with E-state index in [0.29, 0.717) is 12.5 Å². The molecule has 0 aliphatic carbocycles. The molecule has 2 atom stereocenters. The van der Waals surface area contributed by atoms with Crippen molar-refractivity contribution in [2.75, 3.05) is 53.0 Å². The number of nitrogens with one attached hydrogen (secondary N) is 2. The Balaban J connectivity index is 0.00000306. The maximum atomic E-state index is 5.53. The van der Waals surface area contributed by atoms with Gasteiger partial charge in [-0.05, 0) is 62.2 Å². The van der Waals surface area contributed by atoms with Gasteiger partial charge in [0.2, 0.25) is 0 Å². The van der Waals surface area contributed by atoms with E-state index in [1.165, 1.54) is 18.4 Å². The average molecular weight is 569 g/mol. The molecule has 7 nitrogen and oxygen atoms in total. The van der Waals surface area contributed by atoms with E-state index in [-0.39, 0.29) is 30.0 Å². The van der Waals surface area contributed by atoms with Gasteiger partial charge in [-0.25, -0.2) is 0 Å². The molecule has 2 fully saturated rings. The molecule has 4 rings (SSSR count). The van der Waals surface area contributed by atoms with E-state index in [9.17, 15) is 0 Å². The normalized spacial score (nSPS) is 19.8. The van der Waals surface area contributed by atoms with Crippen molar-refractivity contribution in [1.82, 2.24) is 15.5 Å². The van der Waals surface area contributed by atoms with Crippen molar-refractivity contribution in [1.29, 1.82) is 0 Å². The van der Waals surface area contributed by atoms with Crippen LogP contribution in [0.2, 0.25) is 0 Å². The smallest absolute Gasteiger partial charge is 0.191 e. The van der Waals surface area contributed by atoms with E-state index in [4.69, 9.17) is 18.9 Å². The lowest BCUT2D eigenvalue weighted by Gasteiger charge is -2.27. The molecule has 0 radical (unpaired) electrons. The number of nitrogens with zero attached hydrogens (tertiary/aromatic N) is 2. The van der Waals surface area contributed by atoms with E-state index in [2.05, 4.69) is 33.7 Å². The predicted molar refractivity (Wildman–Crippen MR) is 142 cm³/mol. The minimum Gasteiger partial charge on any atom is -0.497 e. The fourth-order valence-electron chi connectivity index (χ4n) is 4.43. The zero-order valence-corrected chi connectivity index (χ0v) is 21.8. The molecule has 2 aliphatic heterocycles. The zero-order valence-electron chi connectivity index (χ0n) is 19.5. The van der Waals surface area contributed by atoms with Crippen LogP contribution in [0.25, 0.3) is 0 Å². The predicted octanol–water partition coefficient (Wildman–Crippen LogP) is 3.86. The summed E-state index contributed by atoms with van der Waals surface area (Å²) in [5.41, 5.74) is 1.26. The number of rotatable bonds is 10. The first-order valence-corrected chi connectivity index (χ1v) is 11.8. The summed E-state index contributed by atoms with van der Waals surface area (Å²) in [4.78, 5) is 7.57. The third-order valence-electron chi connectivity index (χ3n) is 6.31. The Morgan fingerprint density at radius 2 is 2.09 bits per heavy atom. The highest BCUT2D eigenvalue weighted by molar-refractivity contribution is 14.0. The van der Waals surface area contributed by atoms with Gasteiger partial charge < -0.3 is 24.5 Å². The summed E-state index contributed by atoms with van der Waals surface area (Å²) in [5, 5.41) is 7.04. The minimum absolute atomic E-state index is 0. The second-order valence-electron chi connectivity index (χ2n) is 8.59. The van der Waals surface area contributed by atoms with Crippen molar-refractivity contribution in [2.45, 2.75) is 31.7 Å². The van der Waals surface area contributed by atoms with Crippen molar-refractivity contribution in [3.8, 4) is 5.75 Å². The van der Waals surface area contributed by atoms with Crippen LogP contribution < -0.4 is 15.4 Å². The highest BCUT2D eigenvalue weighted by Gasteiger charge is 2.24. The highest BCUT2D eigenvalue weighted by atomic mass is 127. The van der Waals surface area contributed by atoms with Gasteiger partial charge in [-0.1, -0.05) is 12.1 Å². The lowest BCUT2D eigenvalue weighted by Crippen LogP contribution is -2.41. The summed E-state index contributed by atoms with van der Waals surface area (Å²) in [6.07, 6.45) is 6.15. The van der Waals surface area contributed by atoms with Crippen molar-refractivity contribution in [3.63, 3.8) is 0 Å². The number of hydrogen-bond acceptors (Lipinski definition) is 5. The first kappa shape index (κ1) is 25.8. The van der Waals surface area contributed by atoms with Crippen LogP contribution >= 0.6 is 24.0 Å². The molecule has 33 heavy (non-hydrogen) atoms. The number of aliphatic imine (C=N–C) groups is 1. The minimum atomic E-state index is 0. The standard InChI is InChI=1S/C25H36N4O3.HI/c1-30-23-7-4-6-21(16-23)24(29-12-2-3-13-29)18-28-25(27-17-20-10-15-31-19-20)26-11-9-22-8-5-14-32-22;/h4-8,14,16,20,24H,2-3,9-13,15,17-19H2,1H3,(H2,26,27,28);1H. The van der Waals surface area contributed by atoms with E-state index >= 15 is 0 Å². The van der Waals surface area contributed by atoms with Crippen molar-refractivity contribution in [3.05, 3.63) is 54.0 Å². The monoisotopic (exact) mass is 568 g/mol. The summed E-state index contributed by atoms with van der Waals surface area (Å²) in [5.74, 6) is 3.27. The van der Waals surface area contributed by atoms with Crippen LogP contribution in [-0.2, 0) is 11.2 Å². The van der Waals surface area contributed by atoms with Gasteiger partial charge in [0.1, 0.15) is 11.5 Å². The number of furan rings is 1. The van der Waals surface area contributed by atoms with Crippen LogP contribution in [0.5, 0.6) is 5.75 Å². The summed E-state index contributed by atoms with van der Waals surface area (Å²) < 4.78 is 16.5. The van der Waals surface area contributed by atoms with Crippen LogP contribution in [0.1, 0.15) is 36.6 Å². The number of hydrogen-bond donors (Lipinski definition) is 2. The third-order valence-corrected chi connectivity index (χ3v) is 6.31. The first-order chi connectivity index (χ1) is 15.8. The maximum absolute atomic E-state index is 5.53. The zero-order chi connectivity index (χ0) is 22.0. The van der Waals surface area contributed by atoms with Crippen molar-refractivity contribution in [2.24, 2.45) is 10.9 Å². The van der Waals surface area contributed by atoms with E-state index in [0.717, 1.165) is 69.7 Å². The summed E-state index contributed by atoms with van der Waals surface area (Å²) >= 11 is 0. The average Bonchev–Trinajstić information content (AvgIpc) is 3.61. The van der Waals surface area contributed by atoms with Crippen LogP contribution in [0.4, 0.5) is 0 Å². The summed E-state index contributed by atoms with van der Waals surface area (Å²) in [7, 11) is 1.72. The number of ether oxygens (including phenoxy) is 2.